The predicted molar refractivity (Wildman–Crippen MR) is 96.0 cm³/mol. The van der Waals surface area contributed by atoms with E-state index in [4.69, 9.17) is 4.74 Å². The SMILES string of the molecule is CN(C)c1ccc(NC(=O)c2cncc(N3CCOCC3)c2)cc1. The van der Waals surface area contributed by atoms with E-state index in [2.05, 4.69) is 15.2 Å². The van der Waals surface area contributed by atoms with Gasteiger partial charge in [-0.15, -0.1) is 0 Å². The lowest BCUT2D eigenvalue weighted by atomic mass is 10.2. The first-order valence-corrected chi connectivity index (χ1v) is 8.00. The highest BCUT2D eigenvalue weighted by Crippen LogP contribution is 2.19. The number of benzene rings is 1. The van der Waals surface area contributed by atoms with Gasteiger partial charge in [-0.3, -0.25) is 9.78 Å². The molecule has 3 rings (SSSR count). The van der Waals surface area contributed by atoms with Crippen molar-refractivity contribution in [3.63, 3.8) is 0 Å². The molecule has 0 atom stereocenters. The summed E-state index contributed by atoms with van der Waals surface area (Å²) < 4.78 is 5.36. The molecular formula is C18H22N4O2. The van der Waals surface area contributed by atoms with Crippen molar-refractivity contribution in [2.75, 3.05) is 55.5 Å². The maximum Gasteiger partial charge on any atom is 0.257 e. The van der Waals surface area contributed by atoms with Gasteiger partial charge in [0.25, 0.3) is 5.91 Å². The van der Waals surface area contributed by atoms with Crippen molar-refractivity contribution in [3.05, 3.63) is 48.3 Å². The molecule has 24 heavy (non-hydrogen) atoms. The first-order chi connectivity index (χ1) is 11.6. The van der Waals surface area contributed by atoms with Crippen molar-refractivity contribution in [2.24, 2.45) is 0 Å². The number of amides is 1. The molecule has 0 bridgehead atoms. The Bertz CT molecular complexity index is 694. The maximum atomic E-state index is 12.5. The molecule has 1 saturated heterocycles. The second-order valence-corrected chi connectivity index (χ2v) is 5.93. The van der Waals surface area contributed by atoms with Crippen molar-refractivity contribution in [1.29, 1.82) is 0 Å². The van der Waals surface area contributed by atoms with Crippen LogP contribution in [0.4, 0.5) is 17.1 Å². The van der Waals surface area contributed by atoms with Crippen molar-refractivity contribution in [3.8, 4) is 0 Å². The highest BCUT2D eigenvalue weighted by Gasteiger charge is 2.14. The van der Waals surface area contributed by atoms with E-state index in [-0.39, 0.29) is 5.91 Å². The van der Waals surface area contributed by atoms with E-state index in [9.17, 15) is 4.79 Å². The quantitative estimate of drug-likeness (QED) is 0.934. The molecule has 1 fully saturated rings. The van der Waals surface area contributed by atoms with Crippen LogP contribution in [0.15, 0.2) is 42.7 Å². The largest absolute Gasteiger partial charge is 0.378 e. The van der Waals surface area contributed by atoms with Crippen molar-refractivity contribution in [2.45, 2.75) is 0 Å². The van der Waals surface area contributed by atoms with Gasteiger partial charge in [-0.1, -0.05) is 0 Å². The summed E-state index contributed by atoms with van der Waals surface area (Å²) >= 11 is 0. The Hall–Kier alpha value is -2.60. The van der Waals surface area contributed by atoms with Gasteiger partial charge in [0.1, 0.15) is 0 Å². The second-order valence-electron chi connectivity index (χ2n) is 5.93. The minimum atomic E-state index is -0.157. The topological polar surface area (TPSA) is 57.7 Å². The van der Waals surface area contributed by atoms with Crippen LogP contribution in [0.2, 0.25) is 0 Å². The monoisotopic (exact) mass is 326 g/mol. The van der Waals surface area contributed by atoms with E-state index >= 15 is 0 Å². The summed E-state index contributed by atoms with van der Waals surface area (Å²) in [6, 6.07) is 9.61. The number of hydrogen-bond donors (Lipinski definition) is 1. The predicted octanol–water partition coefficient (Wildman–Crippen LogP) is 2.24. The molecule has 1 amide bonds. The van der Waals surface area contributed by atoms with Crippen molar-refractivity contribution < 1.29 is 9.53 Å². The highest BCUT2D eigenvalue weighted by molar-refractivity contribution is 6.04. The van der Waals surface area contributed by atoms with Crippen LogP contribution < -0.4 is 15.1 Å². The molecule has 2 aromatic rings. The van der Waals surface area contributed by atoms with Crippen LogP contribution in [0, 0.1) is 0 Å². The van der Waals surface area contributed by atoms with Crippen LogP contribution in [-0.4, -0.2) is 51.3 Å². The Kier molecular flexibility index (Phi) is 4.96. The summed E-state index contributed by atoms with van der Waals surface area (Å²) in [7, 11) is 3.97. The van der Waals surface area contributed by atoms with Crippen molar-refractivity contribution >= 4 is 23.0 Å². The molecule has 0 unspecified atom stereocenters. The number of pyridine rings is 1. The zero-order valence-corrected chi connectivity index (χ0v) is 14.0. The van der Waals surface area contributed by atoms with E-state index in [1.807, 2.05) is 49.3 Å². The fraction of sp³-hybridized carbons (Fsp3) is 0.333. The van der Waals surface area contributed by atoms with Gasteiger partial charge >= 0.3 is 0 Å². The van der Waals surface area contributed by atoms with Gasteiger partial charge in [0.15, 0.2) is 0 Å². The van der Waals surface area contributed by atoms with Gasteiger partial charge in [-0.25, -0.2) is 0 Å². The standard InChI is InChI=1S/C18H22N4O2/c1-21(2)16-5-3-15(4-6-16)20-18(23)14-11-17(13-19-12-14)22-7-9-24-10-8-22/h3-6,11-13H,7-10H2,1-2H3,(H,20,23). The molecule has 1 aromatic heterocycles. The average molecular weight is 326 g/mol. The van der Waals surface area contributed by atoms with E-state index < -0.39 is 0 Å². The van der Waals surface area contributed by atoms with Gasteiger partial charge in [-0.2, -0.15) is 0 Å². The van der Waals surface area contributed by atoms with Gasteiger partial charge in [0, 0.05) is 44.8 Å². The van der Waals surface area contributed by atoms with Crippen LogP contribution in [0.25, 0.3) is 0 Å². The number of rotatable bonds is 4. The normalized spacial score (nSPS) is 14.3. The van der Waals surface area contributed by atoms with Gasteiger partial charge in [-0.05, 0) is 30.3 Å². The van der Waals surface area contributed by atoms with Crippen LogP contribution in [0.1, 0.15) is 10.4 Å². The zero-order valence-electron chi connectivity index (χ0n) is 14.0. The number of aromatic nitrogens is 1. The summed E-state index contributed by atoms with van der Waals surface area (Å²) in [6.07, 6.45) is 3.38. The summed E-state index contributed by atoms with van der Waals surface area (Å²) in [5.41, 5.74) is 3.36. The molecule has 0 aliphatic carbocycles. The van der Waals surface area contributed by atoms with Crippen LogP contribution in [0.5, 0.6) is 0 Å². The third kappa shape index (κ3) is 3.83. The molecule has 1 aliphatic heterocycles. The average Bonchev–Trinajstić information content (AvgIpc) is 2.63. The van der Waals surface area contributed by atoms with Gasteiger partial charge < -0.3 is 19.9 Å². The molecule has 1 N–H and O–H groups in total. The zero-order chi connectivity index (χ0) is 16.9. The highest BCUT2D eigenvalue weighted by atomic mass is 16.5. The van der Waals surface area contributed by atoms with Crippen LogP contribution in [0.3, 0.4) is 0 Å². The van der Waals surface area contributed by atoms with Crippen molar-refractivity contribution in [1.82, 2.24) is 4.98 Å². The maximum absolute atomic E-state index is 12.5. The first-order valence-electron chi connectivity index (χ1n) is 8.00. The third-order valence-electron chi connectivity index (χ3n) is 4.00. The smallest absolute Gasteiger partial charge is 0.257 e. The second kappa shape index (κ2) is 7.31. The fourth-order valence-corrected chi connectivity index (χ4v) is 2.59. The lowest BCUT2D eigenvalue weighted by Gasteiger charge is -2.28. The Morgan fingerprint density at radius 3 is 2.54 bits per heavy atom. The summed E-state index contributed by atoms with van der Waals surface area (Å²) in [6.45, 7) is 3.04. The number of nitrogens with one attached hydrogen (secondary N) is 1. The van der Waals surface area contributed by atoms with E-state index in [1.165, 1.54) is 0 Å². The molecule has 2 heterocycles. The Labute approximate surface area is 142 Å². The molecule has 0 spiro atoms. The first kappa shape index (κ1) is 16.3. The van der Waals surface area contributed by atoms with Crippen LogP contribution >= 0.6 is 0 Å². The number of anilines is 3. The number of carbonyl (C=O) groups excluding carboxylic acids is 1. The number of ether oxygens (including phenoxy) is 1. The lowest BCUT2D eigenvalue weighted by Crippen LogP contribution is -2.36. The molecule has 1 aliphatic rings. The lowest BCUT2D eigenvalue weighted by molar-refractivity contribution is 0.102. The fourth-order valence-electron chi connectivity index (χ4n) is 2.59. The summed E-state index contributed by atoms with van der Waals surface area (Å²) in [4.78, 5) is 20.9. The molecule has 6 heteroatoms. The minimum Gasteiger partial charge on any atom is -0.378 e. The van der Waals surface area contributed by atoms with Gasteiger partial charge in [0.05, 0.1) is 30.7 Å². The molecule has 0 radical (unpaired) electrons. The van der Waals surface area contributed by atoms with E-state index in [1.54, 1.807) is 12.4 Å². The summed E-state index contributed by atoms with van der Waals surface area (Å²) in [5, 5.41) is 2.91. The Morgan fingerprint density at radius 2 is 1.88 bits per heavy atom. The molecule has 126 valence electrons. The Balaban J connectivity index is 1.70. The molecule has 6 nitrogen and oxygen atoms in total. The number of carbonyl (C=O) groups is 1. The number of nitrogens with zero attached hydrogens (tertiary/aromatic N) is 3. The molecule has 1 aromatic carbocycles. The molecular weight excluding hydrogens is 304 g/mol. The number of hydrogen-bond acceptors (Lipinski definition) is 5. The van der Waals surface area contributed by atoms with Gasteiger partial charge in [0.2, 0.25) is 0 Å². The Morgan fingerprint density at radius 1 is 1.17 bits per heavy atom. The van der Waals surface area contributed by atoms with E-state index in [0.717, 1.165) is 30.2 Å². The third-order valence-corrected chi connectivity index (χ3v) is 4.00. The van der Waals surface area contributed by atoms with E-state index in [0.29, 0.717) is 18.8 Å². The number of morpholine rings is 1. The van der Waals surface area contributed by atoms with Crippen LogP contribution in [-0.2, 0) is 4.74 Å². The molecule has 0 saturated carbocycles. The summed E-state index contributed by atoms with van der Waals surface area (Å²) in [5.74, 6) is -0.157. The minimum absolute atomic E-state index is 0.157.